The molecule has 6 rings (SSSR count). The molecule has 12 atom stereocenters. The van der Waals surface area contributed by atoms with Crippen molar-refractivity contribution in [1.82, 2.24) is 0 Å². The first-order chi connectivity index (χ1) is 17.7. The van der Waals surface area contributed by atoms with Crippen molar-refractivity contribution in [3.63, 3.8) is 0 Å². The van der Waals surface area contributed by atoms with Gasteiger partial charge in [0.2, 0.25) is 0 Å². The Kier molecular flexibility index (Phi) is 6.11. The van der Waals surface area contributed by atoms with E-state index in [0.717, 1.165) is 51.4 Å². The molecule has 0 amide bonds. The van der Waals surface area contributed by atoms with Crippen LogP contribution in [0.15, 0.2) is 11.6 Å². The minimum Gasteiger partial charge on any atom is -0.481 e. The second kappa shape index (κ2) is 8.53. The van der Waals surface area contributed by atoms with Crippen LogP contribution in [0, 0.1) is 50.7 Å². The van der Waals surface area contributed by atoms with Gasteiger partial charge in [-0.25, -0.2) is 0 Å². The van der Waals surface area contributed by atoms with E-state index in [1.54, 1.807) is 0 Å². The predicted molar refractivity (Wildman–Crippen MR) is 144 cm³/mol. The highest BCUT2D eigenvalue weighted by atomic mass is 16.7. The van der Waals surface area contributed by atoms with Crippen LogP contribution in [0.1, 0.15) is 99.3 Å². The van der Waals surface area contributed by atoms with Crippen molar-refractivity contribution >= 4 is 5.97 Å². The van der Waals surface area contributed by atoms with Crippen molar-refractivity contribution in [3.05, 3.63) is 11.6 Å². The molecule has 12 unspecified atom stereocenters. The van der Waals surface area contributed by atoms with Crippen LogP contribution in [0.4, 0.5) is 0 Å². The van der Waals surface area contributed by atoms with E-state index in [4.69, 9.17) is 9.47 Å². The molecule has 1 aliphatic heterocycles. The summed E-state index contributed by atoms with van der Waals surface area (Å²) in [7, 11) is 0. The molecule has 6 aliphatic rings. The maximum Gasteiger partial charge on any atom is 0.303 e. The maximum atomic E-state index is 12.1. The molecular formula is C32H50O6. The summed E-state index contributed by atoms with van der Waals surface area (Å²) in [5.41, 5.74) is 0.506. The van der Waals surface area contributed by atoms with Gasteiger partial charge in [-0.15, -0.1) is 0 Å². The zero-order valence-corrected chi connectivity index (χ0v) is 24.3. The normalized spacial score (nSPS) is 55.3. The SMILES string of the molecule is CC1OCC2(C)C(O1)C(O)CC1(C)C3CC=C4C5C(O)C(C)(C)CCC5(CC(=O)O)CCC4(C)C3CCC12. The van der Waals surface area contributed by atoms with Crippen molar-refractivity contribution < 1.29 is 29.6 Å². The third kappa shape index (κ3) is 3.55. The van der Waals surface area contributed by atoms with Gasteiger partial charge in [0, 0.05) is 11.3 Å². The second-order valence-electron chi connectivity index (χ2n) is 15.7. The molecule has 0 aromatic heterocycles. The molecule has 6 heteroatoms. The van der Waals surface area contributed by atoms with Gasteiger partial charge in [0.25, 0.3) is 0 Å². The lowest BCUT2D eigenvalue weighted by Gasteiger charge is -2.69. The molecule has 4 saturated carbocycles. The Morgan fingerprint density at radius 1 is 1.00 bits per heavy atom. The van der Waals surface area contributed by atoms with Crippen molar-refractivity contribution in [1.29, 1.82) is 0 Å². The van der Waals surface area contributed by atoms with E-state index in [-0.39, 0.29) is 51.8 Å². The lowest BCUT2D eigenvalue weighted by atomic mass is 9.37. The van der Waals surface area contributed by atoms with Crippen LogP contribution in [0.3, 0.4) is 0 Å². The summed E-state index contributed by atoms with van der Waals surface area (Å²) in [6, 6.07) is 0. The number of carboxylic acid groups (broad SMARTS) is 1. The first-order valence-electron chi connectivity index (χ1n) is 15.2. The molecule has 5 fully saturated rings. The summed E-state index contributed by atoms with van der Waals surface area (Å²) >= 11 is 0. The van der Waals surface area contributed by atoms with Gasteiger partial charge in [0.1, 0.15) is 0 Å². The Labute approximate surface area is 228 Å². The van der Waals surface area contributed by atoms with Gasteiger partial charge in [0.05, 0.1) is 31.3 Å². The molecule has 38 heavy (non-hydrogen) atoms. The molecule has 1 heterocycles. The number of aliphatic hydroxyl groups is 2. The van der Waals surface area contributed by atoms with E-state index < -0.39 is 18.2 Å². The van der Waals surface area contributed by atoms with Gasteiger partial charge < -0.3 is 24.8 Å². The van der Waals surface area contributed by atoms with Crippen LogP contribution in [0.2, 0.25) is 0 Å². The molecule has 1 saturated heterocycles. The van der Waals surface area contributed by atoms with Gasteiger partial charge in [-0.2, -0.15) is 0 Å². The number of aliphatic carboxylic acids is 1. The minimum atomic E-state index is -0.738. The van der Waals surface area contributed by atoms with Crippen molar-refractivity contribution in [3.8, 4) is 0 Å². The number of rotatable bonds is 2. The summed E-state index contributed by atoms with van der Waals surface area (Å²) in [6.45, 7) is 14.0. The highest BCUT2D eigenvalue weighted by Gasteiger charge is 2.68. The number of hydrogen-bond acceptors (Lipinski definition) is 5. The molecule has 0 aromatic carbocycles. The van der Waals surface area contributed by atoms with Gasteiger partial charge in [-0.1, -0.05) is 46.3 Å². The fraction of sp³-hybridized carbons (Fsp3) is 0.906. The fourth-order valence-corrected chi connectivity index (χ4v) is 11.4. The molecule has 0 radical (unpaired) electrons. The maximum absolute atomic E-state index is 12.1. The van der Waals surface area contributed by atoms with E-state index in [1.807, 2.05) is 6.92 Å². The fourth-order valence-electron chi connectivity index (χ4n) is 11.4. The van der Waals surface area contributed by atoms with Crippen LogP contribution < -0.4 is 0 Å². The van der Waals surface area contributed by atoms with Crippen LogP contribution in [0.25, 0.3) is 0 Å². The first-order valence-corrected chi connectivity index (χ1v) is 15.2. The number of carbonyl (C=O) groups is 1. The van der Waals surface area contributed by atoms with Gasteiger partial charge in [0.15, 0.2) is 6.29 Å². The first kappa shape index (κ1) is 27.2. The van der Waals surface area contributed by atoms with E-state index in [9.17, 15) is 20.1 Å². The zero-order chi connectivity index (χ0) is 27.5. The molecule has 3 N–H and O–H groups in total. The van der Waals surface area contributed by atoms with Gasteiger partial charge in [-0.05, 0) is 97.7 Å². The third-order valence-corrected chi connectivity index (χ3v) is 13.4. The molecule has 0 spiro atoms. The largest absolute Gasteiger partial charge is 0.481 e. The Morgan fingerprint density at radius 3 is 2.42 bits per heavy atom. The Bertz CT molecular complexity index is 1020. The van der Waals surface area contributed by atoms with Crippen LogP contribution in [-0.2, 0) is 14.3 Å². The van der Waals surface area contributed by atoms with Crippen molar-refractivity contribution in [2.24, 2.45) is 50.7 Å². The molecule has 214 valence electrons. The lowest BCUT2D eigenvalue weighted by molar-refractivity contribution is -0.327. The molecule has 0 bridgehead atoms. The summed E-state index contributed by atoms with van der Waals surface area (Å²) in [5, 5.41) is 33.2. The predicted octanol–water partition coefficient (Wildman–Crippen LogP) is 5.56. The van der Waals surface area contributed by atoms with E-state index in [1.165, 1.54) is 5.57 Å². The molecule has 6 nitrogen and oxygen atoms in total. The van der Waals surface area contributed by atoms with Crippen LogP contribution in [0.5, 0.6) is 0 Å². The Hall–Kier alpha value is -0.950. The summed E-state index contributed by atoms with van der Waals surface area (Å²) in [5.74, 6) is 0.513. The molecule has 0 aromatic rings. The van der Waals surface area contributed by atoms with Crippen molar-refractivity contribution in [2.45, 2.75) is 124 Å². The number of ether oxygens (including phenoxy) is 2. The third-order valence-electron chi connectivity index (χ3n) is 13.4. The lowest BCUT2D eigenvalue weighted by Crippen LogP contribution is -2.68. The molecule has 5 aliphatic carbocycles. The zero-order valence-electron chi connectivity index (χ0n) is 24.3. The summed E-state index contributed by atoms with van der Waals surface area (Å²) in [6.07, 6.45) is 8.64. The Morgan fingerprint density at radius 2 is 1.71 bits per heavy atom. The summed E-state index contributed by atoms with van der Waals surface area (Å²) < 4.78 is 12.3. The van der Waals surface area contributed by atoms with Gasteiger partial charge >= 0.3 is 5.97 Å². The second-order valence-corrected chi connectivity index (χ2v) is 15.7. The van der Waals surface area contributed by atoms with E-state index in [0.29, 0.717) is 24.4 Å². The van der Waals surface area contributed by atoms with E-state index >= 15 is 0 Å². The number of hydrogen-bond donors (Lipinski definition) is 3. The average molecular weight is 531 g/mol. The van der Waals surface area contributed by atoms with Gasteiger partial charge in [-0.3, -0.25) is 4.79 Å². The number of allylic oxidation sites excluding steroid dienone is 1. The van der Waals surface area contributed by atoms with Crippen LogP contribution in [-0.4, -0.2) is 52.5 Å². The highest BCUT2D eigenvalue weighted by Crippen LogP contribution is 2.72. The Balaban J connectivity index is 1.39. The monoisotopic (exact) mass is 530 g/mol. The number of fused-ring (bicyclic) bond motifs is 9. The standard InChI is InChI=1S/C32H50O6/c1-18-37-17-31(6)23-10-9-19-20(30(23,5)15-22(33)27(31)38-18)7-8-21-25-26(36)28(2,3)11-13-32(25,16-24(34)35)14-12-29(19,21)4/h8,18-20,22-23,25-27,33,36H,7,9-17H2,1-6H3,(H,34,35). The highest BCUT2D eigenvalue weighted by molar-refractivity contribution is 5.68. The average Bonchev–Trinajstić information content (AvgIpc) is 2.83. The summed E-state index contributed by atoms with van der Waals surface area (Å²) in [4.78, 5) is 12.1. The number of carboxylic acids is 1. The van der Waals surface area contributed by atoms with Crippen LogP contribution >= 0.6 is 0 Å². The smallest absolute Gasteiger partial charge is 0.303 e. The quantitative estimate of drug-likeness (QED) is 0.405. The van der Waals surface area contributed by atoms with Crippen molar-refractivity contribution in [2.75, 3.05) is 6.61 Å². The molecular weight excluding hydrogens is 480 g/mol. The van der Waals surface area contributed by atoms with E-state index in [2.05, 4.69) is 40.7 Å². The number of aliphatic hydroxyl groups excluding tert-OH is 2. The minimum absolute atomic E-state index is 0.0219. The topological polar surface area (TPSA) is 96.2 Å².